The molecule has 1 aromatic heterocycles. The summed E-state index contributed by atoms with van der Waals surface area (Å²) in [4.78, 5) is 3.49. The molecule has 0 atom stereocenters. The van der Waals surface area contributed by atoms with E-state index in [9.17, 15) is 4.39 Å². The number of hydrogen-bond acceptors (Lipinski definition) is 2. The van der Waals surface area contributed by atoms with Crippen LogP contribution in [0.15, 0.2) is 42.5 Å². The van der Waals surface area contributed by atoms with Crippen molar-refractivity contribution in [3.8, 4) is 0 Å². The van der Waals surface area contributed by atoms with Crippen LogP contribution >= 0.6 is 22.9 Å². The fourth-order valence-electron chi connectivity index (χ4n) is 3.15. The van der Waals surface area contributed by atoms with E-state index < -0.39 is 0 Å². The van der Waals surface area contributed by atoms with Gasteiger partial charge in [-0.2, -0.15) is 0 Å². The molecule has 0 unspecified atom stereocenters. The molecule has 0 N–H and O–H groups in total. The van der Waals surface area contributed by atoms with E-state index in [0.717, 1.165) is 47.6 Å². The van der Waals surface area contributed by atoms with Crippen LogP contribution in [-0.4, -0.2) is 6.54 Å². The summed E-state index contributed by atoms with van der Waals surface area (Å²) in [5.74, 6) is -0.152. The van der Waals surface area contributed by atoms with Crippen molar-refractivity contribution in [2.24, 2.45) is 0 Å². The zero-order valence-corrected chi connectivity index (χ0v) is 13.6. The minimum Gasteiger partial charge on any atom is -0.366 e. The van der Waals surface area contributed by atoms with Crippen LogP contribution in [0, 0.1) is 5.82 Å². The van der Waals surface area contributed by atoms with E-state index in [0.29, 0.717) is 0 Å². The number of hydrogen-bond donors (Lipinski definition) is 0. The maximum absolute atomic E-state index is 13.4. The van der Waals surface area contributed by atoms with Gasteiger partial charge >= 0.3 is 0 Å². The van der Waals surface area contributed by atoms with Gasteiger partial charge < -0.3 is 4.90 Å². The summed E-state index contributed by atoms with van der Waals surface area (Å²) in [5.41, 5.74) is 2.24. The van der Waals surface area contributed by atoms with Crippen molar-refractivity contribution >= 4 is 38.7 Å². The van der Waals surface area contributed by atoms with Crippen LogP contribution in [0.3, 0.4) is 0 Å². The zero-order valence-electron chi connectivity index (χ0n) is 12.0. The lowest BCUT2D eigenvalue weighted by Crippen LogP contribution is -2.28. The van der Waals surface area contributed by atoms with Crippen LogP contribution in [0.4, 0.5) is 10.1 Å². The Morgan fingerprint density at radius 1 is 1.18 bits per heavy atom. The summed E-state index contributed by atoms with van der Waals surface area (Å²) >= 11 is 8.30. The molecular weight excluding hydrogens is 317 g/mol. The van der Waals surface area contributed by atoms with E-state index in [1.54, 1.807) is 23.5 Å². The number of halogens is 2. The van der Waals surface area contributed by atoms with Crippen molar-refractivity contribution in [2.75, 3.05) is 11.4 Å². The first-order valence-electron chi connectivity index (χ1n) is 7.41. The van der Waals surface area contributed by atoms with Crippen LogP contribution < -0.4 is 4.90 Å². The Bertz CT molecular complexity index is 842. The Hall–Kier alpha value is -1.58. The van der Waals surface area contributed by atoms with Gasteiger partial charge in [0, 0.05) is 27.2 Å². The Kier molecular flexibility index (Phi) is 3.55. The SMILES string of the molecule is Fc1ccc2c(c1)CCCN2Cc1sc2ccccc2c1Cl. The predicted octanol–water partition coefficient (Wildman–Crippen LogP) is 5.65. The summed E-state index contributed by atoms with van der Waals surface area (Å²) in [6.45, 7) is 1.78. The smallest absolute Gasteiger partial charge is 0.123 e. The van der Waals surface area contributed by atoms with Gasteiger partial charge in [-0.1, -0.05) is 29.8 Å². The van der Waals surface area contributed by atoms with Crippen molar-refractivity contribution in [3.05, 3.63) is 63.7 Å². The average molecular weight is 332 g/mol. The fourth-order valence-corrected chi connectivity index (χ4v) is 4.66. The van der Waals surface area contributed by atoms with Crippen LogP contribution in [-0.2, 0) is 13.0 Å². The molecule has 4 rings (SSSR count). The Morgan fingerprint density at radius 2 is 2.05 bits per heavy atom. The summed E-state index contributed by atoms with van der Waals surface area (Å²) in [6, 6.07) is 13.3. The molecule has 0 aliphatic carbocycles. The molecule has 0 spiro atoms. The molecular formula is C18H15ClFNS. The lowest BCUT2D eigenvalue weighted by molar-refractivity contribution is 0.618. The fraction of sp³-hybridized carbons (Fsp3) is 0.222. The third-order valence-electron chi connectivity index (χ3n) is 4.19. The van der Waals surface area contributed by atoms with Crippen LogP contribution in [0.2, 0.25) is 5.02 Å². The molecule has 2 heterocycles. The molecule has 4 heteroatoms. The van der Waals surface area contributed by atoms with Gasteiger partial charge in [-0.15, -0.1) is 11.3 Å². The summed E-state index contributed by atoms with van der Waals surface area (Å²) in [5, 5.41) is 1.98. The molecule has 0 radical (unpaired) electrons. The molecule has 0 bridgehead atoms. The topological polar surface area (TPSA) is 3.24 Å². The summed E-state index contributed by atoms with van der Waals surface area (Å²) in [6.07, 6.45) is 2.00. The van der Waals surface area contributed by atoms with Crippen molar-refractivity contribution in [2.45, 2.75) is 19.4 Å². The van der Waals surface area contributed by atoms with E-state index in [4.69, 9.17) is 11.6 Å². The number of thiophene rings is 1. The average Bonchev–Trinajstić information content (AvgIpc) is 2.84. The van der Waals surface area contributed by atoms with Gasteiger partial charge in [0.1, 0.15) is 5.82 Å². The molecule has 0 saturated heterocycles. The molecule has 1 aliphatic heterocycles. The van der Waals surface area contributed by atoms with Crippen molar-refractivity contribution in [1.82, 2.24) is 0 Å². The summed E-state index contributed by atoms with van der Waals surface area (Å²) < 4.78 is 14.6. The highest BCUT2D eigenvalue weighted by molar-refractivity contribution is 7.19. The lowest BCUT2D eigenvalue weighted by Gasteiger charge is -2.31. The van der Waals surface area contributed by atoms with Crippen molar-refractivity contribution < 1.29 is 4.39 Å². The Labute approximate surface area is 137 Å². The van der Waals surface area contributed by atoms with E-state index in [2.05, 4.69) is 17.0 Å². The second kappa shape index (κ2) is 5.56. The molecule has 3 aromatic rings. The minimum atomic E-state index is -0.152. The molecule has 112 valence electrons. The highest BCUT2D eigenvalue weighted by Crippen LogP contribution is 2.38. The van der Waals surface area contributed by atoms with Crippen LogP contribution in [0.25, 0.3) is 10.1 Å². The van der Waals surface area contributed by atoms with Gasteiger partial charge in [0.25, 0.3) is 0 Å². The third-order valence-corrected chi connectivity index (χ3v) is 5.89. The second-order valence-corrected chi connectivity index (χ2v) is 7.15. The number of rotatable bonds is 2. The first-order valence-corrected chi connectivity index (χ1v) is 8.61. The van der Waals surface area contributed by atoms with E-state index in [-0.39, 0.29) is 5.82 Å². The van der Waals surface area contributed by atoms with Gasteiger partial charge in [-0.05, 0) is 42.7 Å². The molecule has 0 saturated carbocycles. The maximum Gasteiger partial charge on any atom is 0.123 e. The van der Waals surface area contributed by atoms with Crippen molar-refractivity contribution in [3.63, 3.8) is 0 Å². The lowest BCUT2D eigenvalue weighted by atomic mass is 10.0. The minimum absolute atomic E-state index is 0.152. The molecule has 0 fully saturated rings. The van der Waals surface area contributed by atoms with E-state index in [1.165, 1.54) is 9.58 Å². The first kappa shape index (κ1) is 14.0. The molecule has 1 aliphatic rings. The van der Waals surface area contributed by atoms with Crippen LogP contribution in [0.5, 0.6) is 0 Å². The maximum atomic E-state index is 13.4. The normalized spacial score (nSPS) is 14.4. The largest absolute Gasteiger partial charge is 0.366 e. The molecule has 2 aromatic carbocycles. The van der Waals surface area contributed by atoms with Gasteiger partial charge in [-0.25, -0.2) is 4.39 Å². The number of anilines is 1. The predicted molar refractivity (Wildman–Crippen MR) is 92.6 cm³/mol. The zero-order chi connectivity index (χ0) is 15.1. The van der Waals surface area contributed by atoms with Crippen LogP contribution in [0.1, 0.15) is 16.9 Å². The highest BCUT2D eigenvalue weighted by atomic mass is 35.5. The molecule has 22 heavy (non-hydrogen) atoms. The Balaban J connectivity index is 1.70. The quantitative estimate of drug-likeness (QED) is 0.586. The number of benzene rings is 2. The monoisotopic (exact) mass is 331 g/mol. The van der Waals surface area contributed by atoms with E-state index >= 15 is 0 Å². The van der Waals surface area contributed by atoms with Crippen molar-refractivity contribution in [1.29, 1.82) is 0 Å². The molecule has 0 amide bonds. The van der Waals surface area contributed by atoms with Gasteiger partial charge in [0.15, 0.2) is 0 Å². The number of fused-ring (bicyclic) bond motifs is 2. The van der Waals surface area contributed by atoms with Gasteiger partial charge in [0.05, 0.1) is 11.6 Å². The first-order chi connectivity index (χ1) is 10.7. The highest BCUT2D eigenvalue weighted by Gasteiger charge is 2.20. The number of nitrogens with zero attached hydrogens (tertiary/aromatic N) is 1. The third kappa shape index (κ3) is 2.38. The summed E-state index contributed by atoms with van der Waals surface area (Å²) in [7, 11) is 0. The van der Waals surface area contributed by atoms with Gasteiger partial charge in [-0.3, -0.25) is 0 Å². The molecule has 1 nitrogen and oxygen atoms in total. The standard InChI is InChI=1S/C18H15ClFNS/c19-18-14-5-1-2-6-16(14)22-17(18)11-21-9-3-4-12-10-13(20)7-8-15(12)21/h1-2,5-8,10H,3-4,9,11H2. The van der Waals surface area contributed by atoms with Gasteiger partial charge in [0.2, 0.25) is 0 Å². The van der Waals surface area contributed by atoms with E-state index in [1.807, 2.05) is 18.2 Å². The number of aryl methyl sites for hydroxylation is 1. The second-order valence-electron chi connectivity index (χ2n) is 5.63. The Morgan fingerprint density at radius 3 is 2.91 bits per heavy atom.